The van der Waals surface area contributed by atoms with Crippen LogP contribution in [0.25, 0.3) is 0 Å². The van der Waals surface area contributed by atoms with Crippen molar-refractivity contribution in [3.05, 3.63) is 29.6 Å². The van der Waals surface area contributed by atoms with Gasteiger partial charge in [-0.1, -0.05) is 19.9 Å². The number of hydrogen-bond donors (Lipinski definition) is 2. The van der Waals surface area contributed by atoms with Crippen molar-refractivity contribution in [3.63, 3.8) is 0 Å². The standard InChI is InChI=1S/C19H33FN4O/c1-6-21-19(22-10-7-11-25-14-15(2)3)23-13-16-8-9-18(24(4)5)17(20)12-16/h8-9,12,15H,6-7,10-11,13-14H2,1-5H3,(H2,21,22,23). The summed E-state index contributed by atoms with van der Waals surface area (Å²) in [5.41, 5.74) is 1.43. The zero-order valence-electron chi connectivity index (χ0n) is 16.2. The molecule has 2 N–H and O–H groups in total. The molecule has 142 valence electrons. The Morgan fingerprint density at radius 1 is 1.28 bits per heavy atom. The fourth-order valence-electron chi connectivity index (χ4n) is 2.22. The van der Waals surface area contributed by atoms with Gasteiger partial charge in [-0.15, -0.1) is 0 Å². The first kappa shape index (κ1) is 21.2. The average molecular weight is 352 g/mol. The van der Waals surface area contributed by atoms with E-state index < -0.39 is 0 Å². The Bertz CT molecular complexity index is 532. The van der Waals surface area contributed by atoms with E-state index in [-0.39, 0.29) is 5.82 Å². The van der Waals surface area contributed by atoms with Crippen LogP contribution in [0.4, 0.5) is 10.1 Å². The monoisotopic (exact) mass is 352 g/mol. The van der Waals surface area contributed by atoms with Gasteiger partial charge >= 0.3 is 0 Å². The van der Waals surface area contributed by atoms with Crippen molar-refractivity contribution in [2.24, 2.45) is 10.9 Å². The van der Waals surface area contributed by atoms with Gasteiger partial charge in [0.2, 0.25) is 0 Å². The van der Waals surface area contributed by atoms with E-state index in [2.05, 4.69) is 29.5 Å². The largest absolute Gasteiger partial charge is 0.381 e. The lowest BCUT2D eigenvalue weighted by molar-refractivity contribution is 0.108. The molecule has 6 heteroatoms. The van der Waals surface area contributed by atoms with Crippen LogP contribution in [0.2, 0.25) is 0 Å². The Morgan fingerprint density at radius 2 is 2.04 bits per heavy atom. The van der Waals surface area contributed by atoms with Gasteiger partial charge < -0.3 is 20.3 Å². The summed E-state index contributed by atoms with van der Waals surface area (Å²) in [6.45, 7) is 9.84. The van der Waals surface area contributed by atoms with Gasteiger partial charge in [0.05, 0.1) is 12.2 Å². The minimum Gasteiger partial charge on any atom is -0.381 e. The van der Waals surface area contributed by atoms with Crippen LogP contribution in [0.15, 0.2) is 23.2 Å². The minimum absolute atomic E-state index is 0.224. The number of rotatable bonds is 10. The summed E-state index contributed by atoms with van der Waals surface area (Å²) >= 11 is 0. The second-order valence-electron chi connectivity index (χ2n) is 6.62. The second-order valence-corrected chi connectivity index (χ2v) is 6.62. The molecule has 1 rings (SSSR count). The topological polar surface area (TPSA) is 48.9 Å². The van der Waals surface area contributed by atoms with Crippen molar-refractivity contribution in [1.29, 1.82) is 0 Å². The van der Waals surface area contributed by atoms with Crippen LogP contribution < -0.4 is 15.5 Å². The zero-order valence-corrected chi connectivity index (χ0v) is 16.2. The first-order chi connectivity index (χ1) is 11.9. The zero-order chi connectivity index (χ0) is 18.7. The maximum atomic E-state index is 14.0. The fraction of sp³-hybridized carbons (Fsp3) is 0.632. The van der Waals surface area contributed by atoms with Gasteiger partial charge in [0.1, 0.15) is 5.82 Å². The summed E-state index contributed by atoms with van der Waals surface area (Å²) < 4.78 is 19.6. The molecule has 0 atom stereocenters. The van der Waals surface area contributed by atoms with Crippen molar-refractivity contribution >= 4 is 11.6 Å². The summed E-state index contributed by atoms with van der Waals surface area (Å²) in [4.78, 5) is 6.28. The van der Waals surface area contributed by atoms with E-state index >= 15 is 0 Å². The highest BCUT2D eigenvalue weighted by molar-refractivity contribution is 5.79. The van der Waals surface area contributed by atoms with Crippen LogP contribution in [-0.2, 0) is 11.3 Å². The summed E-state index contributed by atoms with van der Waals surface area (Å²) in [6, 6.07) is 5.24. The third-order valence-corrected chi connectivity index (χ3v) is 3.47. The molecule has 1 aromatic rings. The van der Waals surface area contributed by atoms with Crippen LogP contribution in [0.5, 0.6) is 0 Å². The molecule has 0 amide bonds. The molecular weight excluding hydrogens is 319 g/mol. The van der Waals surface area contributed by atoms with E-state index in [1.54, 1.807) is 17.0 Å². The Labute approximate surface area is 151 Å². The molecule has 0 unspecified atom stereocenters. The lowest BCUT2D eigenvalue weighted by Gasteiger charge is -2.14. The van der Waals surface area contributed by atoms with Crippen molar-refractivity contribution in [3.8, 4) is 0 Å². The number of hydrogen-bond acceptors (Lipinski definition) is 3. The molecule has 0 aliphatic rings. The van der Waals surface area contributed by atoms with Gasteiger partial charge in [-0.05, 0) is 37.0 Å². The van der Waals surface area contributed by atoms with Crippen molar-refractivity contribution in [2.75, 3.05) is 45.3 Å². The molecule has 1 aromatic carbocycles. The van der Waals surface area contributed by atoms with Crippen LogP contribution in [0, 0.1) is 11.7 Å². The Hall–Kier alpha value is -1.82. The predicted molar refractivity (Wildman–Crippen MR) is 104 cm³/mol. The van der Waals surface area contributed by atoms with Crippen molar-refractivity contribution in [1.82, 2.24) is 10.6 Å². The number of halogens is 1. The first-order valence-corrected chi connectivity index (χ1v) is 8.99. The number of ether oxygens (including phenoxy) is 1. The van der Waals surface area contributed by atoms with Crippen LogP contribution in [0.3, 0.4) is 0 Å². The average Bonchev–Trinajstić information content (AvgIpc) is 2.55. The molecule has 25 heavy (non-hydrogen) atoms. The summed E-state index contributed by atoms with van der Waals surface area (Å²) in [5.74, 6) is 1.08. The predicted octanol–water partition coefficient (Wildman–Crippen LogP) is 3.01. The van der Waals surface area contributed by atoms with Gasteiger partial charge in [-0.2, -0.15) is 0 Å². The van der Waals surface area contributed by atoms with E-state index in [4.69, 9.17) is 4.74 Å². The fourth-order valence-corrected chi connectivity index (χ4v) is 2.22. The molecule has 5 nitrogen and oxygen atoms in total. The van der Waals surface area contributed by atoms with Crippen LogP contribution in [0.1, 0.15) is 32.8 Å². The molecule has 0 saturated carbocycles. The quantitative estimate of drug-likeness (QED) is 0.386. The lowest BCUT2D eigenvalue weighted by Crippen LogP contribution is -2.38. The first-order valence-electron chi connectivity index (χ1n) is 8.99. The highest BCUT2D eigenvalue weighted by Gasteiger charge is 2.05. The van der Waals surface area contributed by atoms with E-state index in [0.29, 0.717) is 18.2 Å². The Balaban J connectivity index is 2.48. The normalized spacial score (nSPS) is 11.7. The second kappa shape index (κ2) is 11.7. The molecule has 0 spiro atoms. The van der Waals surface area contributed by atoms with Crippen LogP contribution in [-0.4, -0.2) is 46.4 Å². The van der Waals surface area contributed by atoms with E-state index in [1.165, 1.54) is 0 Å². The van der Waals surface area contributed by atoms with Gasteiger partial charge in [0.25, 0.3) is 0 Å². The molecule has 0 bridgehead atoms. The minimum atomic E-state index is -0.224. The van der Waals surface area contributed by atoms with Gasteiger partial charge in [-0.25, -0.2) is 9.38 Å². The smallest absolute Gasteiger partial charge is 0.191 e. The van der Waals surface area contributed by atoms with E-state index in [0.717, 1.165) is 44.2 Å². The molecular formula is C19H33FN4O. The molecule has 0 aliphatic heterocycles. The number of guanidine groups is 1. The summed E-state index contributed by atoms with van der Waals surface area (Å²) in [6.07, 6.45) is 0.920. The third kappa shape index (κ3) is 8.72. The molecule has 0 fully saturated rings. The molecule has 0 heterocycles. The summed E-state index contributed by atoms with van der Waals surface area (Å²) in [7, 11) is 3.66. The number of benzene rings is 1. The SMILES string of the molecule is CCNC(=NCc1ccc(N(C)C)c(F)c1)NCCCOCC(C)C. The Morgan fingerprint density at radius 3 is 2.64 bits per heavy atom. The molecule has 0 saturated heterocycles. The van der Waals surface area contributed by atoms with Gasteiger partial charge in [0.15, 0.2) is 5.96 Å². The van der Waals surface area contributed by atoms with E-state index in [9.17, 15) is 4.39 Å². The van der Waals surface area contributed by atoms with E-state index in [1.807, 2.05) is 27.1 Å². The van der Waals surface area contributed by atoms with Crippen LogP contribution >= 0.6 is 0 Å². The Kier molecular flexibility index (Phi) is 9.92. The van der Waals surface area contributed by atoms with Gasteiger partial charge in [-0.3, -0.25) is 0 Å². The van der Waals surface area contributed by atoms with Gasteiger partial charge in [0, 0.05) is 40.4 Å². The highest BCUT2D eigenvalue weighted by atomic mass is 19.1. The maximum Gasteiger partial charge on any atom is 0.191 e. The summed E-state index contributed by atoms with van der Waals surface area (Å²) in [5, 5.41) is 6.48. The molecule has 0 aromatic heterocycles. The van der Waals surface area contributed by atoms with Crippen molar-refractivity contribution < 1.29 is 9.13 Å². The van der Waals surface area contributed by atoms with Crippen molar-refractivity contribution in [2.45, 2.75) is 33.7 Å². The molecule has 0 radical (unpaired) electrons. The lowest BCUT2D eigenvalue weighted by atomic mass is 10.2. The highest BCUT2D eigenvalue weighted by Crippen LogP contribution is 2.18. The number of nitrogens with one attached hydrogen (secondary N) is 2. The number of aliphatic imine (C=N–C) groups is 1. The number of anilines is 1. The molecule has 0 aliphatic carbocycles. The number of nitrogens with zero attached hydrogens (tertiary/aromatic N) is 2. The third-order valence-electron chi connectivity index (χ3n) is 3.47. The maximum absolute atomic E-state index is 14.0.